The molecule has 0 saturated heterocycles. The summed E-state index contributed by atoms with van der Waals surface area (Å²) in [4.78, 5) is 27.2. The normalized spacial score (nSPS) is 12.1. The van der Waals surface area contributed by atoms with E-state index in [2.05, 4.69) is 10.3 Å². The van der Waals surface area contributed by atoms with Gasteiger partial charge < -0.3 is 10.4 Å². The van der Waals surface area contributed by atoms with Crippen molar-refractivity contribution >= 4 is 34.2 Å². The van der Waals surface area contributed by atoms with E-state index in [0.717, 1.165) is 10.8 Å². The third kappa shape index (κ3) is 3.49. The van der Waals surface area contributed by atoms with Crippen LogP contribution in [0.4, 0.5) is 0 Å². The average Bonchev–Trinajstić information content (AvgIpc) is 2.46. The van der Waals surface area contributed by atoms with Crippen LogP contribution in [0.5, 0.6) is 0 Å². The van der Waals surface area contributed by atoms with Gasteiger partial charge in [0.25, 0.3) is 5.91 Å². The van der Waals surface area contributed by atoms with Crippen LogP contribution in [-0.4, -0.2) is 28.0 Å². The van der Waals surface area contributed by atoms with Gasteiger partial charge in [0, 0.05) is 5.39 Å². The number of aromatic nitrogens is 1. The number of carboxylic acid groups (broad SMARTS) is 1. The van der Waals surface area contributed by atoms with Crippen molar-refractivity contribution in [2.24, 2.45) is 0 Å². The van der Waals surface area contributed by atoms with Gasteiger partial charge in [-0.25, -0.2) is 9.78 Å². The van der Waals surface area contributed by atoms with Gasteiger partial charge in [-0.05, 0) is 17.9 Å². The van der Waals surface area contributed by atoms with E-state index in [1.165, 1.54) is 0 Å². The number of hydrogen-bond donors (Lipinski definition) is 2. The second-order valence-electron chi connectivity index (χ2n) is 4.67. The number of nitrogens with one attached hydrogen (secondary N) is 1. The van der Waals surface area contributed by atoms with Gasteiger partial charge in [-0.2, -0.15) is 0 Å². The van der Waals surface area contributed by atoms with E-state index in [4.69, 9.17) is 16.7 Å². The number of nitrogens with zero attached hydrogens (tertiary/aromatic N) is 1. The Hall–Kier alpha value is -2.14. The van der Waals surface area contributed by atoms with Crippen LogP contribution < -0.4 is 5.32 Å². The predicted octanol–water partition coefficient (Wildman–Crippen LogP) is 2.87. The molecule has 21 heavy (non-hydrogen) atoms. The summed E-state index contributed by atoms with van der Waals surface area (Å²) in [6.45, 7) is 1.85. The number of hydrogen-bond acceptors (Lipinski definition) is 3. The first-order valence-electron chi connectivity index (χ1n) is 6.62. The molecule has 0 bridgehead atoms. The molecule has 0 spiro atoms. The highest BCUT2D eigenvalue weighted by molar-refractivity contribution is 6.34. The van der Waals surface area contributed by atoms with Crippen LogP contribution in [0.1, 0.15) is 30.3 Å². The number of pyridine rings is 1. The van der Waals surface area contributed by atoms with E-state index < -0.39 is 17.9 Å². The first-order valence-corrected chi connectivity index (χ1v) is 6.99. The standard InChI is InChI=1S/C15H15ClN2O3/c1-2-5-11(15(20)21)18-14(19)12-8-9-6-3-4-7-10(9)13(16)17-12/h3-4,6-8,11H,2,5H2,1H3,(H,18,19)(H,20,21)/t11-/m0/s1. The highest BCUT2D eigenvalue weighted by atomic mass is 35.5. The molecule has 6 heteroatoms. The molecule has 1 aromatic carbocycles. The quantitative estimate of drug-likeness (QED) is 0.832. The molecule has 1 heterocycles. The van der Waals surface area contributed by atoms with Gasteiger partial charge in [0.05, 0.1) is 0 Å². The first-order chi connectivity index (χ1) is 10.0. The van der Waals surface area contributed by atoms with Gasteiger partial charge in [-0.3, -0.25) is 4.79 Å². The molecule has 0 unspecified atom stereocenters. The molecule has 0 saturated carbocycles. The Bertz CT molecular complexity index is 688. The highest BCUT2D eigenvalue weighted by Crippen LogP contribution is 2.22. The molecule has 2 N–H and O–H groups in total. The number of fused-ring (bicyclic) bond motifs is 1. The maximum Gasteiger partial charge on any atom is 0.326 e. The summed E-state index contributed by atoms with van der Waals surface area (Å²) in [5, 5.41) is 13.3. The van der Waals surface area contributed by atoms with Crippen molar-refractivity contribution in [2.75, 3.05) is 0 Å². The summed E-state index contributed by atoms with van der Waals surface area (Å²) in [7, 11) is 0. The molecule has 2 aromatic rings. The van der Waals surface area contributed by atoms with Crippen molar-refractivity contribution in [1.82, 2.24) is 10.3 Å². The zero-order chi connectivity index (χ0) is 15.4. The maximum absolute atomic E-state index is 12.1. The SMILES string of the molecule is CCC[C@H](NC(=O)c1cc2ccccc2c(Cl)n1)C(=O)O. The summed E-state index contributed by atoms with van der Waals surface area (Å²) in [6.07, 6.45) is 1.02. The predicted molar refractivity (Wildman–Crippen MR) is 80.6 cm³/mol. The lowest BCUT2D eigenvalue weighted by molar-refractivity contribution is -0.139. The topological polar surface area (TPSA) is 79.3 Å². The number of carboxylic acids is 1. The minimum Gasteiger partial charge on any atom is -0.480 e. The maximum atomic E-state index is 12.1. The number of amides is 1. The summed E-state index contributed by atoms with van der Waals surface area (Å²) in [5.41, 5.74) is 0.112. The smallest absolute Gasteiger partial charge is 0.326 e. The third-order valence-corrected chi connectivity index (χ3v) is 3.40. The van der Waals surface area contributed by atoms with Crippen molar-refractivity contribution in [3.63, 3.8) is 0 Å². The average molecular weight is 307 g/mol. The Kier molecular flexibility index (Phi) is 4.75. The summed E-state index contributed by atoms with van der Waals surface area (Å²) in [6, 6.07) is 7.97. The zero-order valence-electron chi connectivity index (χ0n) is 11.5. The van der Waals surface area contributed by atoms with Gasteiger partial charge in [-0.1, -0.05) is 49.2 Å². The molecule has 0 fully saturated rings. The van der Waals surface area contributed by atoms with Crippen LogP contribution in [0, 0.1) is 0 Å². The van der Waals surface area contributed by atoms with Crippen LogP contribution in [-0.2, 0) is 4.79 Å². The van der Waals surface area contributed by atoms with Crippen LogP contribution in [0.2, 0.25) is 5.15 Å². The highest BCUT2D eigenvalue weighted by Gasteiger charge is 2.20. The lowest BCUT2D eigenvalue weighted by Crippen LogP contribution is -2.40. The fraction of sp³-hybridized carbons (Fsp3) is 0.267. The second-order valence-corrected chi connectivity index (χ2v) is 5.03. The lowest BCUT2D eigenvalue weighted by Gasteiger charge is -2.13. The van der Waals surface area contributed by atoms with Crippen molar-refractivity contribution in [2.45, 2.75) is 25.8 Å². The minimum atomic E-state index is -1.06. The zero-order valence-corrected chi connectivity index (χ0v) is 12.2. The van der Waals surface area contributed by atoms with Crippen LogP contribution >= 0.6 is 11.6 Å². The van der Waals surface area contributed by atoms with Gasteiger partial charge >= 0.3 is 5.97 Å². The van der Waals surface area contributed by atoms with E-state index in [9.17, 15) is 9.59 Å². The van der Waals surface area contributed by atoms with Crippen molar-refractivity contribution in [1.29, 1.82) is 0 Å². The molecule has 2 rings (SSSR count). The monoisotopic (exact) mass is 306 g/mol. The molecule has 1 atom stereocenters. The van der Waals surface area contributed by atoms with E-state index in [0.29, 0.717) is 12.8 Å². The number of rotatable bonds is 5. The molecule has 1 aromatic heterocycles. The van der Waals surface area contributed by atoms with Crippen LogP contribution in [0.15, 0.2) is 30.3 Å². The van der Waals surface area contributed by atoms with Gasteiger partial charge in [-0.15, -0.1) is 0 Å². The van der Waals surface area contributed by atoms with Crippen molar-refractivity contribution < 1.29 is 14.7 Å². The molecular weight excluding hydrogens is 292 g/mol. The van der Waals surface area contributed by atoms with E-state index in [-0.39, 0.29) is 10.8 Å². The Labute approximate surface area is 126 Å². The minimum absolute atomic E-state index is 0.112. The fourth-order valence-corrected chi connectivity index (χ4v) is 2.31. The third-order valence-electron chi connectivity index (χ3n) is 3.11. The number of halogens is 1. The number of aliphatic carboxylic acids is 1. The fourth-order valence-electron chi connectivity index (χ4n) is 2.05. The van der Waals surface area contributed by atoms with E-state index in [1.807, 2.05) is 31.2 Å². The summed E-state index contributed by atoms with van der Waals surface area (Å²) >= 11 is 6.06. The second kappa shape index (κ2) is 6.54. The summed E-state index contributed by atoms with van der Waals surface area (Å²) in [5.74, 6) is -1.60. The van der Waals surface area contributed by atoms with Crippen molar-refractivity contribution in [3.05, 3.63) is 41.2 Å². The Morgan fingerprint density at radius 2 is 2.10 bits per heavy atom. The van der Waals surface area contributed by atoms with E-state index in [1.54, 1.807) is 6.07 Å². The lowest BCUT2D eigenvalue weighted by atomic mass is 10.1. The van der Waals surface area contributed by atoms with Gasteiger partial charge in [0.15, 0.2) is 0 Å². The molecule has 1 amide bonds. The molecule has 0 aliphatic carbocycles. The van der Waals surface area contributed by atoms with E-state index >= 15 is 0 Å². The first kappa shape index (κ1) is 15.3. The Morgan fingerprint density at radius 1 is 1.38 bits per heavy atom. The molecule has 5 nitrogen and oxygen atoms in total. The summed E-state index contributed by atoms with van der Waals surface area (Å²) < 4.78 is 0. The van der Waals surface area contributed by atoms with Gasteiger partial charge in [0.1, 0.15) is 16.9 Å². The Balaban J connectivity index is 2.29. The van der Waals surface area contributed by atoms with Crippen LogP contribution in [0.25, 0.3) is 10.8 Å². The molecular formula is C15H15ClN2O3. The van der Waals surface area contributed by atoms with Gasteiger partial charge in [0.2, 0.25) is 0 Å². The van der Waals surface area contributed by atoms with Crippen molar-refractivity contribution in [3.8, 4) is 0 Å². The Morgan fingerprint density at radius 3 is 2.76 bits per heavy atom. The largest absolute Gasteiger partial charge is 0.480 e. The molecule has 0 aliphatic heterocycles. The molecule has 0 radical (unpaired) electrons. The number of benzene rings is 1. The molecule has 0 aliphatic rings. The number of carbonyl (C=O) groups excluding carboxylic acids is 1. The van der Waals surface area contributed by atoms with Crippen LogP contribution in [0.3, 0.4) is 0 Å². The molecule has 110 valence electrons. The number of carbonyl (C=O) groups is 2.